The van der Waals surface area contributed by atoms with Crippen molar-refractivity contribution in [1.82, 2.24) is 15.5 Å². The summed E-state index contributed by atoms with van der Waals surface area (Å²) in [5, 5.41) is 10.5. The Labute approximate surface area is 114 Å². The zero-order valence-corrected chi connectivity index (χ0v) is 11.6. The van der Waals surface area contributed by atoms with Crippen molar-refractivity contribution in [2.45, 2.75) is 44.7 Å². The van der Waals surface area contributed by atoms with Gasteiger partial charge in [0.2, 0.25) is 0 Å². The first-order valence-corrected chi connectivity index (χ1v) is 7.03. The Morgan fingerprint density at radius 3 is 2.89 bits per heavy atom. The van der Waals surface area contributed by atoms with Gasteiger partial charge in [-0.15, -0.1) is 0 Å². The molecule has 3 nitrogen and oxygen atoms in total. The van der Waals surface area contributed by atoms with Crippen molar-refractivity contribution in [2.75, 3.05) is 0 Å². The molecule has 1 fully saturated rings. The lowest BCUT2D eigenvalue weighted by molar-refractivity contribution is 0.271. The zero-order chi connectivity index (χ0) is 13.2. The summed E-state index contributed by atoms with van der Waals surface area (Å²) in [5.41, 5.74) is 4.09. The Bertz CT molecular complexity index is 527. The van der Waals surface area contributed by atoms with E-state index in [1.807, 2.05) is 12.4 Å². The topological polar surface area (TPSA) is 40.7 Å². The first kappa shape index (κ1) is 12.4. The third-order valence-corrected chi connectivity index (χ3v) is 4.16. The van der Waals surface area contributed by atoms with Gasteiger partial charge in [0, 0.05) is 23.8 Å². The molecule has 1 aliphatic rings. The molecule has 0 bridgehead atoms. The fourth-order valence-electron chi connectivity index (χ4n) is 2.90. The molecule has 1 unspecified atom stereocenters. The van der Waals surface area contributed by atoms with Crippen molar-refractivity contribution in [3.05, 3.63) is 53.3 Å². The molecule has 1 aromatic carbocycles. The Balaban J connectivity index is 1.53. The molecule has 0 spiro atoms. The van der Waals surface area contributed by atoms with E-state index >= 15 is 0 Å². The van der Waals surface area contributed by atoms with Gasteiger partial charge in [-0.1, -0.05) is 29.8 Å². The number of benzene rings is 1. The molecule has 1 aromatic heterocycles. The highest BCUT2D eigenvalue weighted by molar-refractivity contribution is 5.27. The molecule has 1 heterocycles. The number of nitrogens with zero attached hydrogens (tertiary/aromatic N) is 1. The lowest BCUT2D eigenvalue weighted by atomic mass is 9.75. The summed E-state index contributed by atoms with van der Waals surface area (Å²) in [6.07, 6.45) is 6.35. The fraction of sp³-hybridized carbons (Fsp3) is 0.438. The van der Waals surface area contributed by atoms with Crippen LogP contribution in [0.5, 0.6) is 0 Å². The van der Waals surface area contributed by atoms with Gasteiger partial charge in [-0.2, -0.15) is 5.10 Å². The van der Waals surface area contributed by atoms with Crippen LogP contribution in [0, 0.1) is 6.92 Å². The number of nitrogens with one attached hydrogen (secondary N) is 2. The van der Waals surface area contributed by atoms with Crippen LogP contribution in [0.3, 0.4) is 0 Å². The summed E-state index contributed by atoms with van der Waals surface area (Å²) >= 11 is 0. The van der Waals surface area contributed by atoms with E-state index in [-0.39, 0.29) is 0 Å². The van der Waals surface area contributed by atoms with Crippen molar-refractivity contribution in [3.63, 3.8) is 0 Å². The van der Waals surface area contributed by atoms with Crippen LogP contribution in [-0.4, -0.2) is 16.2 Å². The van der Waals surface area contributed by atoms with E-state index < -0.39 is 0 Å². The number of aromatic nitrogens is 2. The van der Waals surface area contributed by atoms with Crippen molar-refractivity contribution in [1.29, 1.82) is 0 Å². The first-order chi connectivity index (χ1) is 9.22. The van der Waals surface area contributed by atoms with Gasteiger partial charge in [0.05, 0.1) is 6.20 Å². The second kappa shape index (κ2) is 5.17. The van der Waals surface area contributed by atoms with Crippen LogP contribution >= 0.6 is 0 Å². The number of rotatable bonds is 4. The molecule has 3 rings (SSSR count). The third kappa shape index (κ3) is 2.71. The molecule has 1 saturated carbocycles. The Hall–Kier alpha value is -1.61. The number of aromatic amines is 1. The highest BCUT2D eigenvalue weighted by atomic mass is 15.1. The zero-order valence-electron chi connectivity index (χ0n) is 11.6. The lowest BCUT2D eigenvalue weighted by Crippen LogP contribution is -2.41. The molecule has 0 saturated heterocycles. The number of hydrogen-bond acceptors (Lipinski definition) is 2. The van der Waals surface area contributed by atoms with Gasteiger partial charge in [-0.05, 0) is 38.2 Å². The van der Waals surface area contributed by atoms with Gasteiger partial charge >= 0.3 is 0 Å². The summed E-state index contributed by atoms with van der Waals surface area (Å²) < 4.78 is 0. The van der Waals surface area contributed by atoms with Crippen molar-refractivity contribution >= 4 is 0 Å². The molecule has 1 atom stereocenters. The average Bonchev–Trinajstić information content (AvgIpc) is 2.86. The van der Waals surface area contributed by atoms with Gasteiger partial charge in [0.15, 0.2) is 0 Å². The van der Waals surface area contributed by atoms with E-state index in [1.54, 1.807) is 0 Å². The highest BCUT2D eigenvalue weighted by Crippen LogP contribution is 2.38. The lowest BCUT2D eigenvalue weighted by Gasteiger charge is -2.38. The standard InChI is InChI=1S/C16H21N3/c1-11-4-3-5-13(6-11)14-7-16(8-14)19-12(2)15-9-17-18-10-15/h3-6,9-10,12,14,16,19H,7-8H2,1-2H3,(H,17,18). The molecule has 0 aliphatic heterocycles. The van der Waals surface area contributed by atoms with Crippen LogP contribution in [0.25, 0.3) is 0 Å². The van der Waals surface area contributed by atoms with E-state index in [2.05, 4.69) is 53.6 Å². The van der Waals surface area contributed by atoms with Crippen molar-refractivity contribution in [3.8, 4) is 0 Å². The molecule has 0 radical (unpaired) electrons. The molecule has 100 valence electrons. The van der Waals surface area contributed by atoms with E-state index in [4.69, 9.17) is 0 Å². The summed E-state index contributed by atoms with van der Waals surface area (Å²) in [5.74, 6) is 0.731. The second-order valence-corrected chi connectivity index (χ2v) is 5.70. The molecule has 1 aliphatic carbocycles. The number of hydrogen-bond donors (Lipinski definition) is 2. The summed E-state index contributed by atoms with van der Waals surface area (Å²) in [7, 11) is 0. The second-order valence-electron chi connectivity index (χ2n) is 5.70. The fourth-order valence-corrected chi connectivity index (χ4v) is 2.90. The average molecular weight is 255 g/mol. The van der Waals surface area contributed by atoms with Crippen LogP contribution < -0.4 is 5.32 Å². The minimum absolute atomic E-state index is 0.377. The molecular weight excluding hydrogens is 234 g/mol. The predicted octanol–water partition coefficient (Wildman–Crippen LogP) is 3.31. The molecule has 0 amide bonds. The van der Waals surface area contributed by atoms with Crippen LogP contribution in [0.15, 0.2) is 36.7 Å². The molecule has 19 heavy (non-hydrogen) atoms. The number of H-pyrrole nitrogens is 1. The van der Waals surface area contributed by atoms with Crippen LogP contribution in [0.2, 0.25) is 0 Å². The molecule has 2 aromatic rings. The normalized spacial score (nSPS) is 23.9. The summed E-state index contributed by atoms with van der Waals surface area (Å²) in [4.78, 5) is 0. The van der Waals surface area contributed by atoms with Crippen LogP contribution in [-0.2, 0) is 0 Å². The Kier molecular flexibility index (Phi) is 3.38. The van der Waals surface area contributed by atoms with Gasteiger partial charge in [0.25, 0.3) is 0 Å². The maximum Gasteiger partial charge on any atom is 0.0534 e. The van der Waals surface area contributed by atoms with E-state index in [9.17, 15) is 0 Å². The monoisotopic (exact) mass is 255 g/mol. The van der Waals surface area contributed by atoms with Crippen molar-refractivity contribution in [2.24, 2.45) is 0 Å². The minimum Gasteiger partial charge on any atom is -0.307 e. The van der Waals surface area contributed by atoms with E-state index in [0.29, 0.717) is 12.1 Å². The Morgan fingerprint density at radius 2 is 2.21 bits per heavy atom. The van der Waals surface area contributed by atoms with Crippen LogP contribution in [0.4, 0.5) is 0 Å². The quantitative estimate of drug-likeness (QED) is 0.880. The number of aryl methyl sites for hydroxylation is 1. The largest absolute Gasteiger partial charge is 0.307 e. The minimum atomic E-state index is 0.377. The maximum absolute atomic E-state index is 4.00. The van der Waals surface area contributed by atoms with Gasteiger partial charge in [-0.25, -0.2) is 0 Å². The highest BCUT2D eigenvalue weighted by Gasteiger charge is 2.31. The van der Waals surface area contributed by atoms with Gasteiger partial charge < -0.3 is 5.32 Å². The smallest absolute Gasteiger partial charge is 0.0534 e. The third-order valence-electron chi connectivity index (χ3n) is 4.16. The van der Waals surface area contributed by atoms with Gasteiger partial charge in [-0.3, -0.25) is 5.10 Å². The van der Waals surface area contributed by atoms with Crippen LogP contribution in [0.1, 0.15) is 48.4 Å². The maximum atomic E-state index is 4.00. The molecule has 3 heteroatoms. The Morgan fingerprint density at radius 1 is 1.37 bits per heavy atom. The summed E-state index contributed by atoms with van der Waals surface area (Å²) in [6.45, 7) is 4.36. The first-order valence-electron chi connectivity index (χ1n) is 7.03. The van der Waals surface area contributed by atoms with Crippen molar-refractivity contribution < 1.29 is 0 Å². The predicted molar refractivity (Wildman–Crippen MR) is 77.1 cm³/mol. The molecule has 2 N–H and O–H groups in total. The summed E-state index contributed by atoms with van der Waals surface area (Å²) in [6, 6.07) is 9.92. The SMILES string of the molecule is Cc1cccc(C2CC(NC(C)c3cn[nH]c3)C2)c1. The van der Waals surface area contributed by atoms with E-state index in [1.165, 1.54) is 29.5 Å². The van der Waals surface area contributed by atoms with Gasteiger partial charge in [0.1, 0.15) is 0 Å². The molecular formula is C16H21N3. The van der Waals surface area contributed by atoms with E-state index in [0.717, 1.165) is 5.92 Å².